The molecule has 2 N–H and O–H groups in total. The lowest BCUT2D eigenvalue weighted by Crippen LogP contribution is -2.49. The van der Waals surface area contributed by atoms with Crippen molar-refractivity contribution in [3.8, 4) is 0 Å². The van der Waals surface area contributed by atoms with E-state index in [4.69, 9.17) is 0 Å². The lowest BCUT2D eigenvalue weighted by Gasteiger charge is -2.34. The predicted molar refractivity (Wildman–Crippen MR) is 120 cm³/mol. The van der Waals surface area contributed by atoms with E-state index in [1.165, 1.54) is 0 Å². The van der Waals surface area contributed by atoms with Crippen LogP contribution in [0.25, 0.3) is 0 Å². The van der Waals surface area contributed by atoms with Gasteiger partial charge in [-0.1, -0.05) is 44.2 Å². The molecule has 1 aliphatic heterocycles. The zero-order valence-electron chi connectivity index (χ0n) is 18.3. The quantitative estimate of drug-likeness (QED) is 0.636. The largest absolute Gasteiger partial charge is 0.353 e. The fourth-order valence-electron chi connectivity index (χ4n) is 3.60. The number of piperazine rings is 1. The lowest BCUT2D eigenvalue weighted by molar-refractivity contribution is -0.129. The van der Waals surface area contributed by atoms with Crippen molar-refractivity contribution in [3.05, 3.63) is 54.4 Å². The summed E-state index contributed by atoms with van der Waals surface area (Å²) in [5.74, 6) is 0.704. The van der Waals surface area contributed by atoms with E-state index >= 15 is 0 Å². The van der Waals surface area contributed by atoms with Crippen molar-refractivity contribution in [3.63, 3.8) is 0 Å². The second-order valence-corrected chi connectivity index (χ2v) is 8.18. The van der Waals surface area contributed by atoms with Gasteiger partial charge in [-0.3, -0.25) is 14.5 Å². The number of hydrogen-bond donors (Lipinski definition) is 2. The van der Waals surface area contributed by atoms with Crippen molar-refractivity contribution in [1.82, 2.24) is 25.5 Å². The van der Waals surface area contributed by atoms with Crippen molar-refractivity contribution in [2.45, 2.75) is 26.3 Å². The van der Waals surface area contributed by atoms with Gasteiger partial charge in [0.2, 0.25) is 17.8 Å². The monoisotopic (exact) mass is 424 g/mol. The number of amides is 2. The molecule has 8 nitrogen and oxygen atoms in total. The summed E-state index contributed by atoms with van der Waals surface area (Å²) >= 11 is 0. The van der Waals surface area contributed by atoms with Gasteiger partial charge in [0.1, 0.15) is 6.04 Å². The Kier molecular flexibility index (Phi) is 8.35. The molecular formula is C23H32N6O2. The van der Waals surface area contributed by atoms with Crippen LogP contribution in [0.5, 0.6) is 0 Å². The highest BCUT2D eigenvalue weighted by Gasteiger charge is 2.23. The smallest absolute Gasteiger partial charge is 0.247 e. The summed E-state index contributed by atoms with van der Waals surface area (Å²) in [6.45, 7) is 8.76. The molecule has 0 spiro atoms. The Morgan fingerprint density at radius 3 is 2.32 bits per heavy atom. The number of carbonyl (C=O) groups excluding carboxylic acids is 2. The average Bonchev–Trinajstić information content (AvgIpc) is 2.78. The van der Waals surface area contributed by atoms with Crippen molar-refractivity contribution in [1.29, 1.82) is 0 Å². The van der Waals surface area contributed by atoms with E-state index in [0.29, 0.717) is 13.0 Å². The second-order valence-electron chi connectivity index (χ2n) is 8.18. The van der Waals surface area contributed by atoms with Gasteiger partial charge in [-0.15, -0.1) is 0 Å². The maximum atomic E-state index is 12.9. The van der Waals surface area contributed by atoms with Crippen molar-refractivity contribution < 1.29 is 9.59 Å². The van der Waals surface area contributed by atoms with Crippen molar-refractivity contribution in [2.75, 3.05) is 44.2 Å². The molecule has 1 aromatic heterocycles. The summed E-state index contributed by atoms with van der Waals surface area (Å²) in [6, 6.07) is 10.5. The van der Waals surface area contributed by atoms with Crippen LogP contribution >= 0.6 is 0 Å². The van der Waals surface area contributed by atoms with Crippen LogP contribution < -0.4 is 15.5 Å². The maximum Gasteiger partial charge on any atom is 0.247 e. The van der Waals surface area contributed by atoms with Crippen LogP contribution in [0.2, 0.25) is 0 Å². The molecule has 1 aliphatic rings. The van der Waals surface area contributed by atoms with Gasteiger partial charge in [0.25, 0.3) is 0 Å². The number of aromatic nitrogens is 2. The molecule has 1 saturated heterocycles. The van der Waals surface area contributed by atoms with Crippen LogP contribution in [0.4, 0.5) is 5.95 Å². The predicted octanol–water partition coefficient (Wildman–Crippen LogP) is 1.62. The Bertz CT molecular complexity index is 822. The van der Waals surface area contributed by atoms with Crippen LogP contribution in [-0.4, -0.2) is 66.0 Å². The molecule has 31 heavy (non-hydrogen) atoms. The molecule has 1 unspecified atom stereocenters. The Balaban J connectivity index is 1.47. The molecule has 0 saturated carbocycles. The fourth-order valence-corrected chi connectivity index (χ4v) is 3.60. The summed E-state index contributed by atoms with van der Waals surface area (Å²) in [4.78, 5) is 38.3. The Morgan fingerprint density at radius 1 is 1.00 bits per heavy atom. The summed E-state index contributed by atoms with van der Waals surface area (Å²) in [5.41, 5.74) is 0.786. The molecule has 1 aromatic carbocycles. The SMILES string of the molecule is CC(C)CC(=O)NC(C(=O)NCCN1CCN(c2ncccn2)CC1)c1ccccc1. The average molecular weight is 425 g/mol. The van der Waals surface area contributed by atoms with Crippen molar-refractivity contribution in [2.24, 2.45) is 5.92 Å². The first kappa shape index (κ1) is 22.7. The van der Waals surface area contributed by atoms with E-state index in [9.17, 15) is 9.59 Å². The van der Waals surface area contributed by atoms with E-state index in [2.05, 4.69) is 30.4 Å². The number of benzene rings is 1. The molecule has 3 rings (SSSR count). The van der Waals surface area contributed by atoms with E-state index in [1.54, 1.807) is 12.4 Å². The topological polar surface area (TPSA) is 90.5 Å². The molecule has 0 bridgehead atoms. The molecule has 8 heteroatoms. The third-order valence-electron chi connectivity index (χ3n) is 5.23. The molecule has 1 atom stereocenters. The zero-order valence-corrected chi connectivity index (χ0v) is 18.3. The molecule has 2 aromatic rings. The van der Waals surface area contributed by atoms with Crippen LogP contribution in [-0.2, 0) is 9.59 Å². The minimum absolute atomic E-state index is 0.113. The van der Waals surface area contributed by atoms with Gasteiger partial charge >= 0.3 is 0 Å². The normalized spacial score (nSPS) is 15.5. The molecule has 0 radical (unpaired) electrons. The lowest BCUT2D eigenvalue weighted by atomic mass is 10.0. The highest BCUT2D eigenvalue weighted by atomic mass is 16.2. The number of nitrogens with zero attached hydrogens (tertiary/aromatic N) is 4. The Hall–Kier alpha value is -3.00. The highest BCUT2D eigenvalue weighted by Crippen LogP contribution is 2.14. The first-order valence-corrected chi connectivity index (χ1v) is 10.9. The van der Waals surface area contributed by atoms with Gasteiger partial charge in [0.15, 0.2) is 0 Å². The van der Waals surface area contributed by atoms with E-state index in [0.717, 1.165) is 44.2 Å². The summed E-state index contributed by atoms with van der Waals surface area (Å²) in [7, 11) is 0. The number of anilines is 1. The number of hydrogen-bond acceptors (Lipinski definition) is 6. The molecule has 166 valence electrons. The zero-order chi connectivity index (χ0) is 22.1. The summed E-state index contributed by atoms with van der Waals surface area (Å²) in [6.07, 6.45) is 3.91. The third-order valence-corrected chi connectivity index (χ3v) is 5.23. The molecule has 0 aliphatic carbocycles. The van der Waals surface area contributed by atoms with E-state index in [-0.39, 0.29) is 17.7 Å². The van der Waals surface area contributed by atoms with Crippen molar-refractivity contribution >= 4 is 17.8 Å². The standard InChI is InChI=1S/C23H32N6O2/c1-18(2)17-20(30)27-21(19-7-4-3-5-8-19)22(31)24-11-12-28-13-15-29(16-14-28)23-25-9-6-10-26-23/h3-10,18,21H,11-17H2,1-2H3,(H,24,31)(H,27,30). The summed E-state index contributed by atoms with van der Waals surface area (Å²) < 4.78 is 0. The Morgan fingerprint density at radius 2 is 1.68 bits per heavy atom. The minimum atomic E-state index is -0.681. The number of rotatable bonds is 9. The molecule has 2 heterocycles. The van der Waals surface area contributed by atoms with E-state index < -0.39 is 6.04 Å². The van der Waals surface area contributed by atoms with Gasteiger partial charge in [0, 0.05) is 58.1 Å². The van der Waals surface area contributed by atoms with Gasteiger partial charge in [-0.05, 0) is 17.5 Å². The number of nitrogens with one attached hydrogen (secondary N) is 2. The number of carbonyl (C=O) groups is 2. The Labute approximate surface area is 184 Å². The van der Waals surface area contributed by atoms with Crippen LogP contribution in [0, 0.1) is 5.92 Å². The molecular weight excluding hydrogens is 392 g/mol. The van der Waals surface area contributed by atoms with Gasteiger partial charge in [-0.25, -0.2) is 9.97 Å². The second kappa shape index (κ2) is 11.4. The van der Waals surface area contributed by atoms with E-state index in [1.807, 2.05) is 50.2 Å². The highest BCUT2D eigenvalue weighted by molar-refractivity contribution is 5.88. The fraction of sp³-hybridized carbons (Fsp3) is 0.478. The molecule has 2 amide bonds. The summed E-state index contributed by atoms with van der Waals surface area (Å²) in [5, 5.41) is 5.89. The minimum Gasteiger partial charge on any atom is -0.353 e. The molecule has 1 fully saturated rings. The first-order chi connectivity index (χ1) is 15.0. The maximum absolute atomic E-state index is 12.9. The van der Waals surface area contributed by atoms with Crippen LogP contribution in [0.3, 0.4) is 0 Å². The van der Waals surface area contributed by atoms with Gasteiger partial charge < -0.3 is 15.5 Å². The van der Waals surface area contributed by atoms with Gasteiger partial charge in [0.05, 0.1) is 0 Å². The van der Waals surface area contributed by atoms with Crippen LogP contribution in [0.15, 0.2) is 48.8 Å². The first-order valence-electron chi connectivity index (χ1n) is 10.9. The third kappa shape index (κ3) is 7.03. The van der Waals surface area contributed by atoms with Gasteiger partial charge in [-0.2, -0.15) is 0 Å². The van der Waals surface area contributed by atoms with Crippen LogP contribution in [0.1, 0.15) is 31.9 Å².